The van der Waals surface area contributed by atoms with Crippen molar-refractivity contribution in [2.45, 2.75) is 50.3 Å². The fourth-order valence-electron chi connectivity index (χ4n) is 2.75. The standard InChI is InChI=1S/C16H24BrNS/c1-3-10-18-15(16(2)9-4-11-19-16)12-13-5-7-14(17)8-6-13/h5-8,15,18H,3-4,9-12H2,1-2H3. The molecular formula is C16H24BrNS. The van der Waals surface area contributed by atoms with E-state index in [-0.39, 0.29) is 0 Å². The summed E-state index contributed by atoms with van der Waals surface area (Å²) in [5.41, 5.74) is 1.44. The van der Waals surface area contributed by atoms with Crippen LogP contribution in [-0.4, -0.2) is 23.1 Å². The van der Waals surface area contributed by atoms with Gasteiger partial charge in [-0.25, -0.2) is 0 Å². The lowest BCUT2D eigenvalue weighted by atomic mass is 9.90. The second-order valence-electron chi connectivity index (χ2n) is 5.60. The zero-order valence-corrected chi connectivity index (χ0v) is 14.3. The average molecular weight is 342 g/mol. The van der Waals surface area contributed by atoms with Crippen molar-refractivity contribution in [3.8, 4) is 0 Å². The lowest BCUT2D eigenvalue weighted by molar-refractivity contribution is 0.399. The summed E-state index contributed by atoms with van der Waals surface area (Å²) in [5.74, 6) is 1.32. The molecule has 1 heterocycles. The van der Waals surface area contributed by atoms with Gasteiger partial charge in [-0.1, -0.05) is 35.0 Å². The van der Waals surface area contributed by atoms with Crippen molar-refractivity contribution in [1.29, 1.82) is 0 Å². The molecule has 1 aromatic carbocycles. The minimum absolute atomic E-state index is 0.405. The Bertz CT molecular complexity index is 384. The summed E-state index contributed by atoms with van der Waals surface area (Å²) in [6.45, 7) is 5.81. The van der Waals surface area contributed by atoms with Gasteiger partial charge in [-0.05, 0) is 62.6 Å². The minimum atomic E-state index is 0.405. The van der Waals surface area contributed by atoms with E-state index in [2.05, 4.69) is 71.1 Å². The first-order valence-electron chi connectivity index (χ1n) is 7.26. The molecule has 2 unspecified atom stereocenters. The molecule has 1 aliphatic rings. The van der Waals surface area contributed by atoms with Crippen molar-refractivity contribution in [3.05, 3.63) is 34.3 Å². The fourth-order valence-corrected chi connectivity index (χ4v) is 4.43. The molecule has 3 heteroatoms. The molecule has 1 nitrogen and oxygen atoms in total. The normalized spacial score (nSPS) is 24.6. The van der Waals surface area contributed by atoms with Crippen molar-refractivity contribution in [2.75, 3.05) is 12.3 Å². The van der Waals surface area contributed by atoms with Crippen LogP contribution >= 0.6 is 27.7 Å². The van der Waals surface area contributed by atoms with E-state index >= 15 is 0 Å². The van der Waals surface area contributed by atoms with Crippen LogP contribution in [0.15, 0.2) is 28.7 Å². The molecule has 1 fully saturated rings. The molecule has 1 aromatic rings. The Kier molecular flexibility index (Phi) is 5.79. The molecule has 0 spiro atoms. The van der Waals surface area contributed by atoms with Gasteiger partial charge in [-0.3, -0.25) is 0 Å². The molecule has 2 atom stereocenters. The van der Waals surface area contributed by atoms with Crippen molar-refractivity contribution in [2.24, 2.45) is 0 Å². The Labute approximate surface area is 130 Å². The van der Waals surface area contributed by atoms with Gasteiger partial charge in [-0.15, -0.1) is 0 Å². The van der Waals surface area contributed by atoms with Crippen LogP contribution in [0.2, 0.25) is 0 Å². The zero-order valence-electron chi connectivity index (χ0n) is 11.9. The molecule has 2 rings (SSSR count). The molecule has 0 radical (unpaired) electrons. The third kappa shape index (κ3) is 4.24. The summed E-state index contributed by atoms with van der Waals surface area (Å²) in [5, 5.41) is 3.78. The maximum Gasteiger partial charge on any atom is 0.0288 e. The van der Waals surface area contributed by atoms with Crippen molar-refractivity contribution in [3.63, 3.8) is 0 Å². The second-order valence-corrected chi connectivity index (χ2v) is 8.15. The third-order valence-corrected chi connectivity index (χ3v) is 6.15. The Hall–Kier alpha value is 0.01000. The van der Waals surface area contributed by atoms with E-state index in [1.165, 1.54) is 30.6 Å². The van der Waals surface area contributed by atoms with E-state index in [0.717, 1.165) is 17.4 Å². The first kappa shape index (κ1) is 15.4. The van der Waals surface area contributed by atoms with Crippen LogP contribution in [-0.2, 0) is 6.42 Å². The van der Waals surface area contributed by atoms with Gasteiger partial charge in [0.1, 0.15) is 0 Å². The average Bonchev–Trinajstić information content (AvgIpc) is 2.85. The minimum Gasteiger partial charge on any atom is -0.312 e. The van der Waals surface area contributed by atoms with Crippen molar-refractivity contribution >= 4 is 27.7 Å². The monoisotopic (exact) mass is 341 g/mol. The zero-order chi connectivity index (χ0) is 13.7. The van der Waals surface area contributed by atoms with Crippen LogP contribution in [0.1, 0.15) is 38.7 Å². The SMILES string of the molecule is CCCNC(Cc1ccc(Br)cc1)C1(C)CCCS1. The van der Waals surface area contributed by atoms with Crippen LogP contribution in [0.5, 0.6) is 0 Å². The number of hydrogen-bond acceptors (Lipinski definition) is 2. The first-order valence-corrected chi connectivity index (χ1v) is 9.04. The van der Waals surface area contributed by atoms with E-state index in [1.807, 2.05) is 0 Å². The smallest absolute Gasteiger partial charge is 0.0288 e. The fraction of sp³-hybridized carbons (Fsp3) is 0.625. The highest BCUT2D eigenvalue weighted by atomic mass is 79.9. The van der Waals surface area contributed by atoms with Gasteiger partial charge in [-0.2, -0.15) is 11.8 Å². The molecule has 1 saturated heterocycles. The summed E-state index contributed by atoms with van der Waals surface area (Å²) in [7, 11) is 0. The molecule has 1 N–H and O–H groups in total. The number of thioether (sulfide) groups is 1. The van der Waals surface area contributed by atoms with E-state index in [4.69, 9.17) is 0 Å². The molecule has 1 aliphatic heterocycles. The van der Waals surface area contributed by atoms with E-state index in [9.17, 15) is 0 Å². The Morgan fingerprint density at radius 3 is 2.68 bits per heavy atom. The van der Waals surface area contributed by atoms with Gasteiger partial charge in [0.25, 0.3) is 0 Å². The van der Waals surface area contributed by atoms with Gasteiger partial charge in [0.05, 0.1) is 0 Å². The largest absolute Gasteiger partial charge is 0.312 e. The van der Waals surface area contributed by atoms with Crippen LogP contribution in [0.4, 0.5) is 0 Å². The molecule has 106 valence electrons. The van der Waals surface area contributed by atoms with E-state index < -0.39 is 0 Å². The molecular weight excluding hydrogens is 318 g/mol. The van der Waals surface area contributed by atoms with Crippen molar-refractivity contribution in [1.82, 2.24) is 5.32 Å². The third-order valence-electron chi connectivity index (χ3n) is 3.98. The van der Waals surface area contributed by atoms with Crippen LogP contribution < -0.4 is 5.32 Å². The summed E-state index contributed by atoms with van der Waals surface area (Å²) in [4.78, 5) is 0. The predicted octanol–water partition coefficient (Wildman–Crippen LogP) is 4.65. The Balaban J connectivity index is 2.06. The number of rotatable bonds is 6. The number of hydrogen-bond donors (Lipinski definition) is 1. The molecule has 19 heavy (non-hydrogen) atoms. The van der Waals surface area contributed by atoms with Crippen LogP contribution in [0, 0.1) is 0 Å². The summed E-state index contributed by atoms with van der Waals surface area (Å²) in [6, 6.07) is 9.37. The lowest BCUT2D eigenvalue weighted by Crippen LogP contribution is -2.47. The number of halogens is 1. The highest BCUT2D eigenvalue weighted by Crippen LogP contribution is 2.41. The van der Waals surface area contributed by atoms with Crippen molar-refractivity contribution < 1.29 is 0 Å². The Morgan fingerprint density at radius 1 is 1.37 bits per heavy atom. The molecule has 0 aliphatic carbocycles. The lowest BCUT2D eigenvalue weighted by Gasteiger charge is -2.34. The number of benzene rings is 1. The second kappa shape index (κ2) is 7.14. The first-order chi connectivity index (χ1) is 9.14. The van der Waals surface area contributed by atoms with E-state index in [0.29, 0.717) is 10.8 Å². The van der Waals surface area contributed by atoms with Gasteiger partial charge in [0, 0.05) is 15.3 Å². The molecule has 0 saturated carbocycles. The molecule has 0 amide bonds. The quantitative estimate of drug-likeness (QED) is 0.808. The predicted molar refractivity (Wildman–Crippen MR) is 90.0 cm³/mol. The highest BCUT2D eigenvalue weighted by molar-refractivity contribution is 9.10. The van der Waals surface area contributed by atoms with E-state index in [1.54, 1.807) is 0 Å². The maximum atomic E-state index is 3.78. The maximum absolute atomic E-state index is 3.78. The van der Waals surface area contributed by atoms with Gasteiger partial charge in [0.2, 0.25) is 0 Å². The topological polar surface area (TPSA) is 12.0 Å². The summed E-state index contributed by atoms with van der Waals surface area (Å²) >= 11 is 5.66. The van der Waals surface area contributed by atoms with Crippen LogP contribution in [0.25, 0.3) is 0 Å². The Morgan fingerprint density at radius 2 is 2.11 bits per heavy atom. The summed E-state index contributed by atoms with van der Waals surface area (Å²) < 4.78 is 1.57. The number of nitrogens with one attached hydrogen (secondary N) is 1. The highest BCUT2D eigenvalue weighted by Gasteiger charge is 2.37. The molecule has 0 aromatic heterocycles. The van der Waals surface area contributed by atoms with Crippen LogP contribution in [0.3, 0.4) is 0 Å². The van der Waals surface area contributed by atoms with Gasteiger partial charge < -0.3 is 5.32 Å². The van der Waals surface area contributed by atoms with Gasteiger partial charge in [0.15, 0.2) is 0 Å². The van der Waals surface area contributed by atoms with Gasteiger partial charge >= 0.3 is 0 Å². The molecule has 0 bridgehead atoms. The summed E-state index contributed by atoms with van der Waals surface area (Å²) in [6.07, 6.45) is 5.05.